The molecule has 0 radical (unpaired) electrons. The number of amides is 1. The smallest absolute Gasteiger partial charge is 0.416 e. The molecule has 0 aliphatic heterocycles. The summed E-state index contributed by atoms with van der Waals surface area (Å²) in [7, 11) is 0. The molecule has 0 saturated heterocycles. The highest BCUT2D eigenvalue weighted by atomic mass is 19.4. The molecule has 0 fully saturated rings. The lowest BCUT2D eigenvalue weighted by Crippen LogP contribution is -2.14. The molecule has 5 nitrogen and oxygen atoms in total. The summed E-state index contributed by atoms with van der Waals surface area (Å²) in [6.45, 7) is 0. The molecule has 3 aromatic rings. The van der Waals surface area contributed by atoms with E-state index < -0.39 is 17.6 Å². The fourth-order valence-electron chi connectivity index (χ4n) is 2.08. The number of hydrogen-bond donors (Lipinski definition) is 1. The Balaban J connectivity index is 1.76. The van der Waals surface area contributed by atoms with Gasteiger partial charge < -0.3 is 10.1 Å². The van der Waals surface area contributed by atoms with Gasteiger partial charge in [0, 0.05) is 5.69 Å². The number of carbonyl (C=O) groups excluding carboxylic acids is 1. The first-order valence-corrected chi connectivity index (χ1v) is 7.45. The van der Waals surface area contributed by atoms with Crippen LogP contribution in [-0.4, -0.2) is 15.9 Å². The van der Waals surface area contributed by atoms with Crippen molar-refractivity contribution in [2.75, 3.05) is 5.32 Å². The minimum Gasteiger partial charge on any atom is -0.437 e. The minimum absolute atomic E-state index is 0.0293. The van der Waals surface area contributed by atoms with Crippen molar-refractivity contribution < 1.29 is 22.7 Å². The van der Waals surface area contributed by atoms with Crippen LogP contribution in [0, 0.1) is 0 Å². The molecular weight excluding hydrogens is 347 g/mol. The molecule has 0 spiro atoms. The summed E-state index contributed by atoms with van der Waals surface area (Å²) in [5, 5.41) is 2.63. The van der Waals surface area contributed by atoms with E-state index in [0.717, 1.165) is 12.1 Å². The highest BCUT2D eigenvalue weighted by Gasteiger charge is 2.30. The molecule has 3 rings (SSSR count). The Morgan fingerprint density at radius 2 is 1.77 bits per heavy atom. The molecule has 0 bridgehead atoms. The lowest BCUT2D eigenvalue weighted by molar-refractivity contribution is -0.137. The van der Waals surface area contributed by atoms with Crippen LogP contribution in [0.15, 0.2) is 67.0 Å². The Hall–Kier alpha value is -3.42. The van der Waals surface area contributed by atoms with Gasteiger partial charge in [-0.1, -0.05) is 24.3 Å². The molecule has 0 atom stereocenters. The van der Waals surface area contributed by atoms with Gasteiger partial charge in [0.2, 0.25) is 5.88 Å². The summed E-state index contributed by atoms with van der Waals surface area (Å²) >= 11 is 0. The van der Waals surface area contributed by atoms with Crippen molar-refractivity contribution in [1.82, 2.24) is 9.97 Å². The number of anilines is 1. The monoisotopic (exact) mass is 359 g/mol. The summed E-state index contributed by atoms with van der Waals surface area (Å²) in [5.74, 6) is -0.669. The molecule has 1 N–H and O–H groups in total. The number of aromatic nitrogens is 2. The summed E-state index contributed by atoms with van der Waals surface area (Å²) in [6, 6.07) is 13.1. The van der Waals surface area contributed by atoms with Crippen molar-refractivity contribution in [3.8, 4) is 11.6 Å². The summed E-state index contributed by atoms with van der Waals surface area (Å²) < 4.78 is 43.5. The topological polar surface area (TPSA) is 64.1 Å². The number of ether oxygens (including phenoxy) is 1. The third-order valence-corrected chi connectivity index (χ3v) is 3.26. The van der Waals surface area contributed by atoms with Crippen molar-refractivity contribution in [2.45, 2.75) is 6.18 Å². The Labute approximate surface area is 146 Å². The van der Waals surface area contributed by atoms with Crippen molar-refractivity contribution in [3.63, 3.8) is 0 Å². The van der Waals surface area contributed by atoms with E-state index in [9.17, 15) is 18.0 Å². The quantitative estimate of drug-likeness (QED) is 0.743. The maximum absolute atomic E-state index is 12.7. The summed E-state index contributed by atoms with van der Waals surface area (Å²) in [5.41, 5.74) is -0.303. The van der Waals surface area contributed by atoms with Crippen LogP contribution in [0.3, 0.4) is 0 Å². The van der Waals surface area contributed by atoms with Gasteiger partial charge in [0.1, 0.15) is 5.75 Å². The van der Waals surface area contributed by atoms with Crippen LogP contribution in [0.2, 0.25) is 0 Å². The van der Waals surface area contributed by atoms with Gasteiger partial charge in [-0.05, 0) is 30.3 Å². The maximum atomic E-state index is 12.7. The van der Waals surface area contributed by atoms with Crippen molar-refractivity contribution in [1.29, 1.82) is 0 Å². The maximum Gasteiger partial charge on any atom is 0.416 e. The molecule has 8 heteroatoms. The van der Waals surface area contributed by atoms with Gasteiger partial charge >= 0.3 is 6.18 Å². The van der Waals surface area contributed by atoms with Crippen LogP contribution >= 0.6 is 0 Å². The third kappa shape index (κ3) is 4.35. The van der Waals surface area contributed by atoms with E-state index in [1.54, 1.807) is 30.3 Å². The third-order valence-electron chi connectivity index (χ3n) is 3.26. The standard InChI is InChI=1S/C18H12F3N3O2/c19-18(20,21)12-5-4-8-14(9-12)26-16-11-22-10-15(24-16)17(25)23-13-6-2-1-3-7-13/h1-11H,(H,23,25). The van der Waals surface area contributed by atoms with Crippen LogP contribution in [0.4, 0.5) is 18.9 Å². The van der Waals surface area contributed by atoms with Gasteiger partial charge in [0.15, 0.2) is 5.69 Å². The number of carbonyl (C=O) groups is 1. The molecular formula is C18H12F3N3O2. The van der Waals surface area contributed by atoms with E-state index in [0.29, 0.717) is 5.69 Å². The number of benzene rings is 2. The van der Waals surface area contributed by atoms with E-state index >= 15 is 0 Å². The van der Waals surface area contributed by atoms with Gasteiger partial charge in [0.25, 0.3) is 5.91 Å². The molecule has 0 aliphatic carbocycles. The SMILES string of the molecule is O=C(Nc1ccccc1)c1cncc(Oc2cccc(C(F)(F)F)c2)n1. The lowest BCUT2D eigenvalue weighted by atomic mass is 10.2. The van der Waals surface area contributed by atoms with Crippen LogP contribution in [0.5, 0.6) is 11.6 Å². The van der Waals surface area contributed by atoms with Crippen molar-refractivity contribution in [3.05, 3.63) is 78.2 Å². The lowest BCUT2D eigenvalue weighted by Gasteiger charge is -2.10. The second-order valence-corrected chi connectivity index (χ2v) is 5.19. The van der Waals surface area contributed by atoms with Crippen LogP contribution < -0.4 is 10.1 Å². The second kappa shape index (κ2) is 7.22. The fraction of sp³-hybridized carbons (Fsp3) is 0.0556. The number of halogens is 3. The highest BCUT2D eigenvalue weighted by molar-refractivity contribution is 6.02. The van der Waals surface area contributed by atoms with Crippen molar-refractivity contribution in [2.24, 2.45) is 0 Å². The van der Waals surface area contributed by atoms with E-state index in [4.69, 9.17) is 4.74 Å². The largest absolute Gasteiger partial charge is 0.437 e. The minimum atomic E-state index is -4.48. The predicted molar refractivity (Wildman–Crippen MR) is 87.9 cm³/mol. The van der Waals surface area contributed by atoms with E-state index in [1.807, 2.05) is 0 Å². The summed E-state index contributed by atoms with van der Waals surface area (Å²) in [6.07, 6.45) is -2.04. The zero-order valence-electron chi connectivity index (χ0n) is 13.2. The molecule has 132 valence electrons. The van der Waals surface area contributed by atoms with Crippen LogP contribution in [0.25, 0.3) is 0 Å². The molecule has 0 unspecified atom stereocenters. The molecule has 1 amide bonds. The van der Waals surface area contributed by atoms with Gasteiger partial charge in [0.05, 0.1) is 18.0 Å². The fourth-order valence-corrected chi connectivity index (χ4v) is 2.08. The van der Waals surface area contributed by atoms with E-state index in [-0.39, 0.29) is 17.3 Å². The van der Waals surface area contributed by atoms with Gasteiger partial charge in [-0.25, -0.2) is 4.98 Å². The van der Waals surface area contributed by atoms with Crippen LogP contribution in [-0.2, 0) is 6.18 Å². The van der Waals surface area contributed by atoms with Crippen molar-refractivity contribution >= 4 is 11.6 Å². The summed E-state index contributed by atoms with van der Waals surface area (Å²) in [4.78, 5) is 20.0. The first kappa shape index (κ1) is 17.4. The zero-order chi connectivity index (χ0) is 18.6. The Morgan fingerprint density at radius 3 is 2.50 bits per heavy atom. The average molecular weight is 359 g/mol. The molecule has 1 aromatic heterocycles. The zero-order valence-corrected chi connectivity index (χ0v) is 13.2. The predicted octanol–water partition coefficient (Wildman–Crippen LogP) is 4.54. The molecule has 2 aromatic carbocycles. The molecule has 0 aliphatic rings. The number of nitrogens with one attached hydrogen (secondary N) is 1. The average Bonchev–Trinajstić information content (AvgIpc) is 2.62. The van der Waals surface area contributed by atoms with E-state index in [2.05, 4.69) is 15.3 Å². The Bertz CT molecular complexity index is 915. The van der Waals surface area contributed by atoms with Gasteiger partial charge in [-0.2, -0.15) is 13.2 Å². The van der Waals surface area contributed by atoms with Gasteiger partial charge in [-0.3, -0.25) is 9.78 Å². The molecule has 0 saturated carbocycles. The number of nitrogens with zero attached hydrogens (tertiary/aromatic N) is 2. The Morgan fingerprint density at radius 1 is 1.00 bits per heavy atom. The number of alkyl halides is 3. The molecule has 26 heavy (non-hydrogen) atoms. The highest BCUT2D eigenvalue weighted by Crippen LogP contribution is 2.32. The number of hydrogen-bond acceptors (Lipinski definition) is 4. The number of rotatable bonds is 4. The van der Waals surface area contributed by atoms with Gasteiger partial charge in [-0.15, -0.1) is 0 Å². The first-order chi connectivity index (χ1) is 12.4. The van der Waals surface area contributed by atoms with Crippen LogP contribution in [0.1, 0.15) is 16.1 Å². The Kier molecular flexibility index (Phi) is 4.83. The second-order valence-electron chi connectivity index (χ2n) is 5.19. The first-order valence-electron chi connectivity index (χ1n) is 7.45. The number of para-hydroxylation sites is 1. The normalized spacial score (nSPS) is 11.0. The molecule has 1 heterocycles. The van der Waals surface area contributed by atoms with E-state index in [1.165, 1.54) is 24.5 Å².